The van der Waals surface area contributed by atoms with Crippen LogP contribution < -0.4 is 5.32 Å². The molecule has 18 heavy (non-hydrogen) atoms. The third-order valence-corrected chi connectivity index (χ3v) is 3.05. The summed E-state index contributed by atoms with van der Waals surface area (Å²) in [7, 11) is 1.20. The summed E-state index contributed by atoms with van der Waals surface area (Å²) in [6, 6.07) is 5.79. The van der Waals surface area contributed by atoms with E-state index in [1.165, 1.54) is 14.0 Å². The molecule has 6 heteroatoms. The first-order chi connectivity index (χ1) is 8.45. The second-order valence-corrected chi connectivity index (χ2v) is 4.97. The number of hydrogen-bond donors (Lipinski definition) is 2. The van der Waals surface area contributed by atoms with Crippen molar-refractivity contribution in [3.63, 3.8) is 0 Å². The van der Waals surface area contributed by atoms with Gasteiger partial charge in [0.15, 0.2) is 6.04 Å². The zero-order valence-electron chi connectivity index (χ0n) is 10.0. The number of rotatable bonds is 4. The van der Waals surface area contributed by atoms with Gasteiger partial charge < -0.3 is 15.2 Å². The molecule has 0 fully saturated rings. The summed E-state index contributed by atoms with van der Waals surface area (Å²) in [6.45, 7) is 1.41. The minimum atomic E-state index is -1.07. The molecule has 98 valence electrons. The molecule has 0 saturated carbocycles. The molecule has 0 bridgehead atoms. The van der Waals surface area contributed by atoms with E-state index < -0.39 is 24.0 Å². The zero-order chi connectivity index (χ0) is 13.7. The van der Waals surface area contributed by atoms with E-state index in [0.29, 0.717) is 5.56 Å². The second-order valence-electron chi connectivity index (χ2n) is 3.72. The molecule has 1 aromatic carbocycles. The van der Waals surface area contributed by atoms with Gasteiger partial charge in [-0.3, -0.25) is 4.79 Å². The maximum absolute atomic E-state index is 11.9. The van der Waals surface area contributed by atoms with Gasteiger partial charge >= 0.3 is 5.97 Å². The zero-order valence-corrected chi connectivity index (χ0v) is 12.2. The van der Waals surface area contributed by atoms with E-state index in [1.54, 1.807) is 24.3 Å². The highest BCUT2D eigenvalue weighted by Gasteiger charge is 2.26. The Morgan fingerprint density at radius 3 is 2.33 bits per heavy atom. The quantitative estimate of drug-likeness (QED) is 0.617. The molecule has 1 amide bonds. The van der Waals surface area contributed by atoms with E-state index >= 15 is 0 Å². The summed E-state index contributed by atoms with van der Waals surface area (Å²) in [5.74, 6) is -1.11. The van der Waals surface area contributed by atoms with Crippen molar-refractivity contribution in [2.45, 2.75) is 19.1 Å². The number of carbonyl (C=O) groups is 2. The molecule has 5 nitrogen and oxygen atoms in total. The van der Waals surface area contributed by atoms with Gasteiger partial charge in [-0.05, 0) is 53.8 Å². The SMILES string of the molecule is COC(=O)[C@@H](NC(=O)c1ccc(I)cc1)[C@@H](C)O. The van der Waals surface area contributed by atoms with Crippen molar-refractivity contribution in [2.24, 2.45) is 0 Å². The second kappa shape index (κ2) is 6.69. The van der Waals surface area contributed by atoms with E-state index in [-0.39, 0.29) is 0 Å². The lowest BCUT2D eigenvalue weighted by Crippen LogP contribution is -2.48. The highest BCUT2D eigenvalue weighted by Crippen LogP contribution is 2.07. The molecule has 0 unspecified atom stereocenters. The monoisotopic (exact) mass is 363 g/mol. The minimum absolute atomic E-state index is 0.421. The number of methoxy groups -OCH3 is 1. The minimum Gasteiger partial charge on any atom is -0.467 e. The Morgan fingerprint density at radius 1 is 1.33 bits per heavy atom. The van der Waals surface area contributed by atoms with Crippen LogP contribution in [0.15, 0.2) is 24.3 Å². The molecule has 0 aliphatic rings. The molecule has 1 rings (SSSR count). The largest absolute Gasteiger partial charge is 0.467 e. The lowest BCUT2D eigenvalue weighted by Gasteiger charge is -2.18. The van der Waals surface area contributed by atoms with Crippen molar-refractivity contribution < 1.29 is 19.4 Å². The average Bonchev–Trinajstić information content (AvgIpc) is 2.35. The molecule has 1 aromatic rings. The number of amides is 1. The number of halogens is 1. The summed E-state index contributed by atoms with van der Waals surface area (Å²) in [5.41, 5.74) is 0.421. The highest BCUT2D eigenvalue weighted by molar-refractivity contribution is 14.1. The Kier molecular flexibility index (Phi) is 5.54. The smallest absolute Gasteiger partial charge is 0.331 e. The number of ether oxygens (including phenoxy) is 1. The molecule has 0 aliphatic carbocycles. The maximum Gasteiger partial charge on any atom is 0.331 e. The van der Waals surface area contributed by atoms with Crippen LogP contribution in [-0.4, -0.2) is 36.2 Å². The normalized spacial score (nSPS) is 13.6. The topological polar surface area (TPSA) is 75.6 Å². The van der Waals surface area contributed by atoms with Crippen LogP contribution in [0.4, 0.5) is 0 Å². The highest BCUT2D eigenvalue weighted by atomic mass is 127. The predicted octanol–water partition coefficient (Wildman–Crippen LogP) is 0.943. The third kappa shape index (κ3) is 3.95. The molecule has 2 atom stereocenters. The van der Waals surface area contributed by atoms with Gasteiger partial charge in [-0.2, -0.15) is 0 Å². The first-order valence-corrected chi connectivity index (χ1v) is 6.36. The van der Waals surface area contributed by atoms with Gasteiger partial charge in [0.05, 0.1) is 13.2 Å². The number of hydrogen-bond acceptors (Lipinski definition) is 4. The van der Waals surface area contributed by atoms with E-state index in [0.717, 1.165) is 3.57 Å². The molecule has 0 spiro atoms. The molecule has 0 heterocycles. The number of benzene rings is 1. The van der Waals surface area contributed by atoms with Crippen molar-refractivity contribution in [2.75, 3.05) is 7.11 Å². The number of carbonyl (C=O) groups excluding carboxylic acids is 2. The lowest BCUT2D eigenvalue weighted by atomic mass is 10.1. The van der Waals surface area contributed by atoms with Gasteiger partial charge in [0.2, 0.25) is 0 Å². The molecular weight excluding hydrogens is 349 g/mol. The van der Waals surface area contributed by atoms with Crippen LogP contribution in [0.2, 0.25) is 0 Å². The van der Waals surface area contributed by atoms with E-state index in [4.69, 9.17) is 0 Å². The van der Waals surface area contributed by atoms with E-state index in [9.17, 15) is 14.7 Å². The van der Waals surface area contributed by atoms with Gasteiger partial charge in [0.25, 0.3) is 5.91 Å². The van der Waals surface area contributed by atoms with Crippen molar-refractivity contribution in [1.29, 1.82) is 0 Å². The van der Waals surface area contributed by atoms with Crippen LogP contribution in [0.3, 0.4) is 0 Å². The van der Waals surface area contributed by atoms with E-state index in [1.807, 2.05) is 0 Å². The number of aliphatic hydroxyl groups excluding tert-OH is 1. The summed E-state index contributed by atoms with van der Waals surface area (Å²) < 4.78 is 5.52. The van der Waals surface area contributed by atoms with Crippen LogP contribution in [-0.2, 0) is 9.53 Å². The van der Waals surface area contributed by atoms with Crippen LogP contribution in [0.1, 0.15) is 17.3 Å². The Morgan fingerprint density at radius 2 is 1.89 bits per heavy atom. The Balaban J connectivity index is 2.78. The fraction of sp³-hybridized carbons (Fsp3) is 0.333. The molecular formula is C12H14INO4. The molecule has 0 saturated heterocycles. The fourth-order valence-corrected chi connectivity index (χ4v) is 1.69. The molecule has 2 N–H and O–H groups in total. The van der Waals surface area contributed by atoms with Crippen molar-refractivity contribution in [3.05, 3.63) is 33.4 Å². The average molecular weight is 363 g/mol. The van der Waals surface area contributed by atoms with Crippen molar-refractivity contribution in [1.82, 2.24) is 5.32 Å². The summed E-state index contributed by atoms with van der Waals surface area (Å²) in [6.07, 6.45) is -1.02. The predicted molar refractivity (Wildman–Crippen MR) is 74.1 cm³/mol. The Hall–Kier alpha value is -1.15. The first-order valence-electron chi connectivity index (χ1n) is 5.28. The number of aliphatic hydroxyl groups is 1. The summed E-state index contributed by atoms with van der Waals surface area (Å²) in [5, 5.41) is 11.9. The maximum atomic E-state index is 11.9. The van der Waals surface area contributed by atoms with Crippen molar-refractivity contribution in [3.8, 4) is 0 Å². The van der Waals surface area contributed by atoms with Gasteiger partial charge in [-0.15, -0.1) is 0 Å². The lowest BCUT2D eigenvalue weighted by molar-refractivity contribution is -0.145. The third-order valence-electron chi connectivity index (χ3n) is 2.33. The Bertz CT molecular complexity index is 430. The van der Waals surface area contributed by atoms with Crippen LogP contribution >= 0.6 is 22.6 Å². The Labute approximate surface area is 119 Å². The summed E-state index contributed by atoms with van der Waals surface area (Å²) >= 11 is 2.13. The molecule has 0 radical (unpaired) electrons. The summed E-state index contributed by atoms with van der Waals surface area (Å²) in [4.78, 5) is 23.2. The van der Waals surface area contributed by atoms with Crippen LogP contribution in [0.25, 0.3) is 0 Å². The number of nitrogens with one attached hydrogen (secondary N) is 1. The van der Waals surface area contributed by atoms with Gasteiger partial charge in [-0.25, -0.2) is 4.79 Å². The van der Waals surface area contributed by atoms with Crippen LogP contribution in [0.5, 0.6) is 0 Å². The van der Waals surface area contributed by atoms with Gasteiger partial charge in [0.1, 0.15) is 0 Å². The molecule has 0 aliphatic heterocycles. The van der Waals surface area contributed by atoms with Crippen LogP contribution in [0, 0.1) is 3.57 Å². The standard InChI is InChI=1S/C12H14INO4/c1-7(15)10(12(17)18-2)14-11(16)8-3-5-9(13)6-4-8/h3-7,10,15H,1-2H3,(H,14,16)/t7-,10+/m1/s1. The van der Waals surface area contributed by atoms with E-state index in [2.05, 4.69) is 32.6 Å². The van der Waals surface area contributed by atoms with Gasteiger partial charge in [-0.1, -0.05) is 0 Å². The molecule has 0 aromatic heterocycles. The number of esters is 1. The first kappa shape index (κ1) is 14.9. The fourth-order valence-electron chi connectivity index (χ4n) is 1.33. The van der Waals surface area contributed by atoms with Gasteiger partial charge in [0, 0.05) is 9.13 Å². The van der Waals surface area contributed by atoms with Crippen molar-refractivity contribution >= 4 is 34.5 Å².